The fourth-order valence-electron chi connectivity index (χ4n) is 5.51. The molecule has 6 heteroatoms. The molecule has 3 aliphatic rings. The predicted octanol–water partition coefficient (Wildman–Crippen LogP) is 5.29. The van der Waals surface area contributed by atoms with Crippen LogP contribution in [-0.2, 0) is 0 Å². The van der Waals surface area contributed by atoms with Crippen molar-refractivity contribution in [3.63, 3.8) is 0 Å². The molecule has 28 heavy (non-hydrogen) atoms. The van der Waals surface area contributed by atoms with Crippen LogP contribution in [0.3, 0.4) is 0 Å². The molecule has 155 valence electrons. The van der Waals surface area contributed by atoms with Crippen molar-refractivity contribution in [2.24, 2.45) is 0 Å². The van der Waals surface area contributed by atoms with Crippen LogP contribution in [0.5, 0.6) is 0 Å². The smallest absolute Gasteiger partial charge is 0.211 e. The lowest BCUT2D eigenvalue weighted by molar-refractivity contribution is 0.234. The summed E-state index contributed by atoms with van der Waals surface area (Å²) >= 11 is 0. The van der Waals surface area contributed by atoms with Gasteiger partial charge >= 0.3 is 0 Å². The molecule has 0 aromatic carbocycles. The normalized spacial score (nSPS) is 27.5. The number of piperidine rings is 1. The minimum Gasteiger partial charge on any atom is -0.344 e. The third kappa shape index (κ3) is 5.81. The quantitative estimate of drug-likeness (QED) is 0.662. The third-order valence-corrected chi connectivity index (χ3v) is 7.24. The highest BCUT2D eigenvalue weighted by molar-refractivity contribution is 6.34. The molecule has 2 aliphatic carbocycles. The second-order valence-corrected chi connectivity index (χ2v) is 9.56. The molecule has 1 aliphatic heterocycles. The van der Waals surface area contributed by atoms with E-state index in [1.165, 1.54) is 109 Å². The van der Waals surface area contributed by atoms with Crippen LogP contribution in [0.2, 0.25) is 5.82 Å². The van der Waals surface area contributed by atoms with Crippen LogP contribution in [0.15, 0.2) is 0 Å². The summed E-state index contributed by atoms with van der Waals surface area (Å²) in [5.74, 6) is 2.34. The molecule has 1 atom stereocenters. The van der Waals surface area contributed by atoms with E-state index in [0.29, 0.717) is 12.0 Å². The molecule has 0 N–H and O–H groups in total. The summed E-state index contributed by atoms with van der Waals surface area (Å²) in [5.41, 5.74) is 0. The molecule has 1 saturated heterocycles. The maximum atomic E-state index is 4.89. The van der Waals surface area contributed by atoms with Gasteiger partial charge in [-0.05, 0) is 37.4 Å². The molecule has 0 bridgehead atoms. The Labute approximate surface area is 172 Å². The fraction of sp³-hybridized carbons (Fsp3) is 0.955. The number of tetrazole rings is 1. The summed E-state index contributed by atoms with van der Waals surface area (Å²) < 4.78 is 0. The van der Waals surface area contributed by atoms with Gasteiger partial charge in [0, 0.05) is 12.5 Å². The number of hydrogen-bond acceptors (Lipinski definition) is 4. The van der Waals surface area contributed by atoms with Crippen LogP contribution >= 0.6 is 0 Å². The molecule has 1 radical (unpaired) electrons. The van der Waals surface area contributed by atoms with E-state index in [2.05, 4.69) is 22.5 Å². The molecule has 4 rings (SSSR count). The lowest BCUT2D eigenvalue weighted by Gasteiger charge is -2.34. The van der Waals surface area contributed by atoms with E-state index in [1.54, 1.807) is 0 Å². The average Bonchev–Trinajstić information content (AvgIpc) is 3.14. The Morgan fingerprint density at radius 3 is 2.07 bits per heavy atom. The first-order chi connectivity index (χ1) is 13.9. The Kier molecular flexibility index (Phi) is 7.82. The largest absolute Gasteiger partial charge is 0.344 e. The van der Waals surface area contributed by atoms with Gasteiger partial charge in [0.15, 0.2) is 5.82 Å². The van der Waals surface area contributed by atoms with Gasteiger partial charge in [-0.25, -0.2) is 0 Å². The van der Waals surface area contributed by atoms with Gasteiger partial charge < -0.3 is 4.81 Å². The molecule has 1 aromatic rings. The van der Waals surface area contributed by atoms with Crippen molar-refractivity contribution in [1.29, 1.82) is 0 Å². The van der Waals surface area contributed by atoms with E-state index in [1.807, 2.05) is 4.80 Å². The Balaban J connectivity index is 1.32. The summed E-state index contributed by atoms with van der Waals surface area (Å²) in [5, 5.41) is 13.9. The van der Waals surface area contributed by atoms with E-state index in [0.717, 1.165) is 18.2 Å². The zero-order chi connectivity index (χ0) is 19.0. The summed E-state index contributed by atoms with van der Waals surface area (Å²) in [4.78, 5) is 4.55. The van der Waals surface area contributed by atoms with E-state index in [-0.39, 0.29) is 0 Å². The second-order valence-electron chi connectivity index (χ2n) is 9.56. The summed E-state index contributed by atoms with van der Waals surface area (Å²) in [7, 11) is 2.57. The van der Waals surface area contributed by atoms with E-state index in [4.69, 9.17) is 5.10 Å². The van der Waals surface area contributed by atoms with Crippen LogP contribution in [0.1, 0.15) is 121 Å². The first-order valence-corrected chi connectivity index (χ1v) is 12.3. The van der Waals surface area contributed by atoms with Crippen molar-refractivity contribution in [1.82, 2.24) is 25.0 Å². The van der Waals surface area contributed by atoms with Crippen LogP contribution in [0.4, 0.5) is 0 Å². The molecule has 1 aromatic heterocycles. The zero-order valence-corrected chi connectivity index (χ0v) is 17.8. The molecule has 5 nitrogen and oxygen atoms in total. The SMILES string of the molecule is [B](C1CCCCCCC1)N1CCCC(n2nnc(C3CCCCCCC3)n2)C1. The third-order valence-electron chi connectivity index (χ3n) is 7.24. The Morgan fingerprint density at radius 1 is 0.714 bits per heavy atom. The Bertz CT molecular complexity index is 561. The lowest BCUT2D eigenvalue weighted by Crippen LogP contribution is -2.41. The van der Waals surface area contributed by atoms with Gasteiger partial charge in [0.2, 0.25) is 7.41 Å². The first kappa shape index (κ1) is 20.4. The zero-order valence-electron chi connectivity index (χ0n) is 17.8. The maximum absolute atomic E-state index is 4.89. The molecular weight excluding hydrogens is 345 g/mol. The summed E-state index contributed by atoms with van der Waals surface area (Å²) in [6, 6.07) is 0.397. The van der Waals surface area contributed by atoms with E-state index >= 15 is 0 Å². The van der Waals surface area contributed by atoms with Crippen molar-refractivity contribution < 1.29 is 0 Å². The molecule has 2 saturated carbocycles. The van der Waals surface area contributed by atoms with Gasteiger partial charge in [0.1, 0.15) is 0 Å². The number of nitrogens with zero attached hydrogens (tertiary/aromatic N) is 5. The van der Waals surface area contributed by atoms with Gasteiger partial charge in [-0.1, -0.05) is 82.9 Å². The highest BCUT2D eigenvalue weighted by Gasteiger charge is 2.27. The van der Waals surface area contributed by atoms with Crippen LogP contribution in [-0.4, -0.2) is 45.5 Å². The number of rotatable bonds is 4. The fourth-order valence-corrected chi connectivity index (χ4v) is 5.51. The minimum atomic E-state index is 0.397. The molecule has 2 heterocycles. The van der Waals surface area contributed by atoms with Gasteiger partial charge in [0.25, 0.3) is 0 Å². The molecule has 0 spiro atoms. The van der Waals surface area contributed by atoms with Crippen molar-refractivity contribution >= 4 is 7.41 Å². The maximum Gasteiger partial charge on any atom is 0.211 e. The highest BCUT2D eigenvalue weighted by atomic mass is 15.6. The van der Waals surface area contributed by atoms with Crippen molar-refractivity contribution in [3.8, 4) is 0 Å². The van der Waals surface area contributed by atoms with Gasteiger partial charge in [-0.2, -0.15) is 4.80 Å². The highest BCUT2D eigenvalue weighted by Crippen LogP contribution is 2.30. The van der Waals surface area contributed by atoms with Crippen molar-refractivity contribution in [3.05, 3.63) is 5.82 Å². The van der Waals surface area contributed by atoms with E-state index in [9.17, 15) is 0 Å². The van der Waals surface area contributed by atoms with Gasteiger partial charge in [0.05, 0.1) is 6.04 Å². The lowest BCUT2D eigenvalue weighted by atomic mass is 9.66. The van der Waals surface area contributed by atoms with Crippen LogP contribution < -0.4 is 0 Å². The van der Waals surface area contributed by atoms with Gasteiger partial charge in [-0.3, -0.25) is 0 Å². The Morgan fingerprint density at radius 2 is 1.36 bits per heavy atom. The minimum absolute atomic E-state index is 0.397. The predicted molar refractivity (Wildman–Crippen MR) is 115 cm³/mol. The molecular formula is C22H39BN5. The van der Waals surface area contributed by atoms with Crippen LogP contribution in [0, 0.1) is 0 Å². The molecule has 1 unspecified atom stereocenters. The molecule has 0 amide bonds. The Hall–Kier alpha value is -0.905. The number of hydrogen-bond donors (Lipinski definition) is 0. The summed E-state index contributed by atoms with van der Waals surface area (Å²) in [6.45, 7) is 2.27. The van der Waals surface area contributed by atoms with Crippen molar-refractivity contribution in [2.75, 3.05) is 13.1 Å². The molecule has 3 fully saturated rings. The standard InChI is InChI=1S/C22H39BN5/c1-3-7-12-19(13-8-4-1)22-24-26-28(25-22)21-16-11-17-27(18-21)23-20-14-9-5-2-6-10-15-20/h19-21H,1-18H2. The van der Waals surface area contributed by atoms with E-state index < -0.39 is 0 Å². The second kappa shape index (κ2) is 10.8. The number of aromatic nitrogens is 4. The first-order valence-electron chi connectivity index (χ1n) is 12.3. The topological polar surface area (TPSA) is 46.8 Å². The average molecular weight is 384 g/mol. The van der Waals surface area contributed by atoms with Gasteiger partial charge in [-0.15, -0.1) is 10.2 Å². The van der Waals surface area contributed by atoms with Crippen molar-refractivity contribution in [2.45, 2.75) is 121 Å². The summed E-state index contributed by atoms with van der Waals surface area (Å²) in [6.07, 6.45) is 21.6. The monoisotopic (exact) mass is 384 g/mol. The van der Waals surface area contributed by atoms with Crippen LogP contribution in [0.25, 0.3) is 0 Å².